The van der Waals surface area contributed by atoms with Crippen molar-refractivity contribution in [3.8, 4) is 0 Å². The van der Waals surface area contributed by atoms with Crippen LogP contribution < -0.4 is 5.32 Å². The van der Waals surface area contributed by atoms with Gasteiger partial charge in [-0.2, -0.15) is 0 Å². The molecule has 0 radical (unpaired) electrons. The van der Waals surface area contributed by atoms with Crippen molar-refractivity contribution in [1.82, 2.24) is 10.3 Å². The Morgan fingerprint density at radius 2 is 1.92 bits per heavy atom. The smallest absolute Gasteiger partial charge is 0.352 e. The minimum absolute atomic E-state index is 0.231. The van der Waals surface area contributed by atoms with Crippen LogP contribution in [0.4, 0.5) is 0 Å². The summed E-state index contributed by atoms with van der Waals surface area (Å²) in [5.74, 6) is -0.928. The summed E-state index contributed by atoms with van der Waals surface area (Å²) in [7, 11) is 0. The number of carboxylic acids is 1. The number of aromatic amines is 1. The minimum Gasteiger partial charge on any atom is -0.477 e. The molecule has 3 rings (SSSR count). The molecule has 0 spiro atoms. The number of carbonyl (C=O) groups is 1. The summed E-state index contributed by atoms with van der Waals surface area (Å²) in [5.41, 5.74) is 3.59. The molecule has 1 heterocycles. The first-order valence-electron chi connectivity index (χ1n) is 8.72. The van der Waals surface area contributed by atoms with Gasteiger partial charge in [0.15, 0.2) is 0 Å². The van der Waals surface area contributed by atoms with E-state index >= 15 is 0 Å². The lowest BCUT2D eigenvalue weighted by Crippen LogP contribution is -2.32. The van der Waals surface area contributed by atoms with Crippen LogP contribution in [-0.4, -0.2) is 22.1 Å². The molecule has 2 aromatic carbocycles. The van der Waals surface area contributed by atoms with E-state index in [2.05, 4.69) is 60.5 Å². The standard InChI is InChI=1S/C21H24N2O2/c1-3-18(22-14(2)16-7-5-4-6-8-16)12-15-9-10-19-17(11-15)13-20(23-19)21(24)25/h4-11,13-14,18,22-23H,3,12H2,1-2H3,(H,24,25)/t14-,18-/m1/s1. The maximum absolute atomic E-state index is 11.1. The van der Waals surface area contributed by atoms with E-state index in [-0.39, 0.29) is 5.69 Å². The van der Waals surface area contributed by atoms with E-state index in [1.54, 1.807) is 6.07 Å². The Labute approximate surface area is 147 Å². The molecule has 0 aliphatic heterocycles. The monoisotopic (exact) mass is 336 g/mol. The third-order valence-corrected chi connectivity index (χ3v) is 4.68. The molecule has 1 aromatic heterocycles. The fourth-order valence-corrected chi connectivity index (χ4v) is 3.22. The van der Waals surface area contributed by atoms with Gasteiger partial charge >= 0.3 is 5.97 Å². The molecule has 0 bridgehead atoms. The fraction of sp³-hybridized carbons (Fsp3) is 0.286. The van der Waals surface area contributed by atoms with Crippen molar-refractivity contribution < 1.29 is 9.90 Å². The van der Waals surface area contributed by atoms with Crippen molar-refractivity contribution in [2.24, 2.45) is 0 Å². The van der Waals surface area contributed by atoms with Crippen LogP contribution in [0.5, 0.6) is 0 Å². The molecular weight excluding hydrogens is 312 g/mol. The molecule has 0 amide bonds. The van der Waals surface area contributed by atoms with Gasteiger partial charge in [0.1, 0.15) is 5.69 Å². The third kappa shape index (κ3) is 4.09. The van der Waals surface area contributed by atoms with Gasteiger partial charge in [-0.1, -0.05) is 43.3 Å². The zero-order valence-corrected chi connectivity index (χ0v) is 14.6. The van der Waals surface area contributed by atoms with Gasteiger partial charge in [-0.25, -0.2) is 4.79 Å². The van der Waals surface area contributed by atoms with Crippen molar-refractivity contribution in [3.63, 3.8) is 0 Å². The number of rotatable bonds is 7. The number of hydrogen-bond donors (Lipinski definition) is 3. The first-order chi connectivity index (χ1) is 12.1. The molecule has 4 nitrogen and oxygen atoms in total. The predicted octanol–water partition coefficient (Wildman–Crippen LogP) is 4.54. The van der Waals surface area contributed by atoms with Gasteiger partial charge in [-0.15, -0.1) is 0 Å². The number of H-pyrrole nitrogens is 1. The maximum atomic E-state index is 11.1. The number of benzene rings is 2. The second kappa shape index (κ2) is 7.53. The number of hydrogen-bond acceptors (Lipinski definition) is 2. The average molecular weight is 336 g/mol. The Kier molecular flexibility index (Phi) is 5.19. The Morgan fingerprint density at radius 1 is 1.16 bits per heavy atom. The van der Waals surface area contributed by atoms with Crippen LogP contribution in [0, 0.1) is 0 Å². The molecular formula is C21H24N2O2. The lowest BCUT2D eigenvalue weighted by molar-refractivity contribution is 0.0691. The van der Waals surface area contributed by atoms with Crippen LogP contribution in [0.2, 0.25) is 0 Å². The van der Waals surface area contributed by atoms with E-state index in [0.29, 0.717) is 12.1 Å². The number of nitrogens with one attached hydrogen (secondary N) is 2. The molecule has 0 saturated heterocycles. The highest BCUT2D eigenvalue weighted by atomic mass is 16.4. The summed E-state index contributed by atoms with van der Waals surface area (Å²) in [6.07, 6.45) is 1.94. The van der Waals surface area contributed by atoms with Crippen LogP contribution in [0.15, 0.2) is 54.6 Å². The first kappa shape index (κ1) is 17.2. The van der Waals surface area contributed by atoms with Crippen molar-refractivity contribution in [2.45, 2.75) is 38.8 Å². The summed E-state index contributed by atoms with van der Waals surface area (Å²) >= 11 is 0. The zero-order chi connectivity index (χ0) is 17.8. The maximum Gasteiger partial charge on any atom is 0.352 e. The quantitative estimate of drug-likeness (QED) is 0.593. The molecule has 0 unspecified atom stereocenters. The second-order valence-corrected chi connectivity index (χ2v) is 6.52. The molecule has 0 fully saturated rings. The van der Waals surface area contributed by atoms with Crippen molar-refractivity contribution in [3.05, 3.63) is 71.4 Å². The molecule has 130 valence electrons. The third-order valence-electron chi connectivity index (χ3n) is 4.68. The molecule has 2 atom stereocenters. The van der Waals surface area contributed by atoms with E-state index in [9.17, 15) is 4.79 Å². The van der Waals surface area contributed by atoms with E-state index in [0.717, 1.165) is 23.7 Å². The first-order valence-corrected chi connectivity index (χ1v) is 8.72. The highest BCUT2D eigenvalue weighted by Gasteiger charge is 2.13. The van der Waals surface area contributed by atoms with E-state index in [1.807, 2.05) is 12.1 Å². The molecule has 0 aliphatic rings. The Morgan fingerprint density at radius 3 is 2.60 bits per heavy atom. The second-order valence-electron chi connectivity index (χ2n) is 6.52. The summed E-state index contributed by atoms with van der Waals surface area (Å²) in [6.45, 7) is 4.37. The molecule has 0 aliphatic carbocycles. The Bertz CT molecular complexity index is 855. The van der Waals surface area contributed by atoms with Crippen molar-refractivity contribution >= 4 is 16.9 Å². The summed E-state index contributed by atoms with van der Waals surface area (Å²) in [4.78, 5) is 14.0. The number of aromatic carboxylic acids is 1. The topological polar surface area (TPSA) is 65.1 Å². The lowest BCUT2D eigenvalue weighted by Gasteiger charge is -2.23. The number of fused-ring (bicyclic) bond motifs is 1. The normalized spacial score (nSPS) is 13.7. The number of carboxylic acid groups (broad SMARTS) is 1. The fourth-order valence-electron chi connectivity index (χ4n) is 3.22. The van der Waals surface area contributed by atoms with Gasteiger partial charge in [0, 0.05) is 23.0 Å². The molecule has 3 aromatic rings. The van der Waals surface area contributed by atoms with Gasteiger partial charge in [0.25, 0.3) is 0 Å². The highest BCUT2D eigenvalue weighted by molar-refractivity contribution is 5.93. The molecule has 0 saturated carbocycles. The van der Waals surface area contributed by atoms with Crippen LogP contribution in [0.1, 0.15) is 47.9 Å². The average Bonchev–Trinajstić information content (AvgIpc) is 3.05. The van der Waals surface area contributed by atoms with E-state index in [4.69, 9.17) is 5.11 Å². The summed E-state index contributed by atoms with van der Waals surface area (Å²) in [5, 5.41) is 13.8. The Balaban J connectivity index is 1.72. The predicted molar refractivity (Wildman–Crippen MR) is 101 cm³/mol. The molecule has 3 N–H and O–H groups in total. The van der Waals surface area contributed by atoms with Crippen molar-refractivity contribution in [1.29, 1.82) is 0 Å². The minimum atomic E-state index is -0.928. The lowest BCUT2D eigenvalue weighted by atomic mass is 10.0. The van der Waals surface area contributed by atoms with Gasteiger partial charge in [-0.05, 0) is 49.1 Å². The van der Waals surface area contributed by atoms with Gasteiger partial charge in [0.2, 0.25) is 0 Å². The van der Waals surface area contributed by atoms with Crippen LogP contribution in [0.25, 0.3) is 10.9 Å². The van der Waals surface area contributed by atoms with Crippen molar-refractivity contribution in [2.75, 3.05) is 0 Å². The zero-order valence-electron chi connectivity index (χ0n) is 14.6. The van der Waals surface area contributed by atoms with E-state index in [1.165, 1.54) is 11.1 Å². The van der Waals surface area contributed by atoms with Crippen LogP contribution >= 0.6 is 0 Å². The summed E-state index contributed by atoms with van der Waals surface area (Å²) in [6, 6.07) is 18.9. The van der Waals surface area contributed by atoms with Gasteiger partial charge in [0.05, 0.1) is 0 Å². The molecule has 4 heteroatoms. The van der Waals surface area contributed by atoms with E-state index < -0.39 is 5.97 Å². The Hall–Kier alpha value is -2.59. The van der Waals surface area contributed by atoms with Crippen LogP contribution in [-0.2, 0) is 6.42 Å². The largest absolute Gasteiger partial charge is 0.477 e. The van der Waals surface area contributed by atoms with Crippen LogP contribution in [0.3, 0.4) is 0 Å². The van der Waals surface area contributed by atoms with Gasteiger partial charge in [-0.3, -0.25) is 0 Å². The number of aromatic nitrogens is 1. The SMILES string of the molecule is CC[C@H](Cc1ccc2[nH]c(C(=O)O)cc2c1)N[C@H](C)c1ccccc1. The molecule has 25 heavy (non-hydrogen) atoms. The highest BCUT2D eigenvalue weighted by Crippen LogP contribution is 2.20. The van der Waals surface area contributed by atoms with Gasteiger partial charge < -0.3 is 15.4 Å². The summed E-state index contributed by atoms with van der Waals surface area (Å²) < 4.78 is 0.